The molecule has 0 aromatic carbocycles. The van der Waals surface area contributed by atoms with E-state index in [1.807, 2.05) is 0 Å². The van der Waals surface area contributed by atoms with Crippen molar-refractivity contribution in [1.29, 1.82) is 0 Å². The molecule has 5 nitrogen and oxygen atoms in total. The van der Waals surface area contributed by atoms with Crippen LogP contribution in [0.1, 0.15) is 0 Å². The summed E-state index contributed by atoms with van der Waals surface area (Å²) < 4.78 is 5.79. The molecular formula is C9H7BrN4OS. The van der Waals surface area contributed by atoms with Crippen LogP contribution in [-0.2, 0) is 0 Å². The Hall–Kier alpha value is -1.21. The van der Waals surface area contributed by atoms with Gasteiger partial charge in [-0.15, -0.1) is 0 Å². The predicted octanol–water partition coefficient (Wildman–Crippen LogP) is 2.19. The van der Waals surface area contributed by atoms with E-state index in [-0.39, 0.29) is 0 Å². The summed E-state index contributed by atoms with van der Waals surface area (Å²) in [6.07, 6.45) is 4.98. The second-order valence-corrected chi connectivity index (χ2v) is 4.43. The quantitative estimate of drug-likeness (QED) is 0.810. The summed E-state index contributed by atoms with van der Waals surface area (Å²) in [6.45, 7) is 0. The average molecular weight is 299 g/mol. The van der Waals surface area contributed by atoms with Crippen LogP contribution in [0.5, 0.6) is 5.88 Å². The normalized spacial score (nSPS) is 10.1. The molecule has 0 atom stereocenters. The second-order valence-electron chi connectivity index (χ2n) is 2.64. The summed E-state index contributed by atoms with van der Waals surface area (Å²) in [5, 5.41) is 1.15. The third-order valence-corrected chi connectivity index (χ3v) is 2.92. The maximum absolute atomic E-state index is 5.07. The summed E-state index contributed by atoms with van der Waals surface area (Å²) in [6, 6.07) is 1.76. The van der Waals surface area contributed by atoms with Crippen LogP contribution in [0.25, 0.3) is 0 Å². The van der Waals surface area contributed by atoms with E-state index in [2.05, 4.69) is 35.9 Å². The van der Waals surface area contributed by atoms with Gasteiger partial charge in [-0.05, 0) is 33.8 Å². The van der Waals surface area contributed by atoms with Crippen molar-refractivity contribution < 1.29 is 4.74 Å². The molecule has 0 spiro atoms. The van der Waals surface area contributed by atoms with Gasteiger partial charge >= 0.3 is 0 Å². The standard InChI is InChI=1S/C9H7BrN4OS/c1-15-7-6(10)5-13-9(14-7)16-8-11-3-2-4-12-8/h2-5H,1H3. The minimum absolute atomic E-state index is 0.494. The second kappa shape index (κ2) is 5.22. The van der Waals surface area contributed by atoms with Crippen LogP contribution in [0.4, 0.5) is 0 Å². The van der Waals surface area contributed by atoms with Crippen LogP contribution in [0.2, 0.25) is 0 Å². The number of nitrogens with zero attached hydrogens (tertiary/aromatic N) is 4. The van der Waals surface area contributed by atoms with Crippen LogP contribution in [0.15, 0.2) is 39.4 Å². The van der Waals surface area contributed by atoms with Gasteiger partial charge < -0.3 is 4.74 Å². The molecule has 0 bridgehead atoms. The molecule has 0 amide bonds. The van der Waals surface area contributed by atoms with Gasteiger partial charge in [0.2, 0.25) is 5.88 Å². The van der Waals surface area contributed by atoms with Crippen LogP contribution in [0, 0.1) is 0 Å². The van der Waals surface area contributed by atoms with Crippen molar-refractivity contribution in [3.05, 3.63) is 29.1 Å². The molecule has 2 rings (SSSR count). The van der Waals surface area contributed by atoms with Crippen molar-refractivity contribution in [3.63, 3.8) is 0 Å². The van der Waals surface area contributed by atoms with E-state index in [9.17, 15) is 0 Å². The Balaban J connectivity index is 2.22. The summed E-state index contributed by atoms with van der Waals surface area (Å²) in [4.78, 5) is 16.5. The largest absolute Gasteiger partial charge is 0.480 e. The SMILES string of the molecule is COc1nc(Sc2ncccn2)ncc1Br. The van der Waals surface area contributed by atoms with Gasteiger partial charge in [-0.3, -0.25) is 0 Å². The highest BCUT2D eigenvalue weighted by molar-refractivity contribution is 9.10. The van der Waals surface area contributed by atoms with Crippen molar-refractivity contribution in [2.45, 2.75) is 10.3 Å². The van der Waals surface area contributed by atoms with Gasteiger partial charge in [-0.1, -0.05) is 0 Å². The van der Waals surface area contributed by atoms with Crippen LogP contribution < -0.4 is 4.74 Å². The van der Waals surface area contributed by atoms with Crippen molar-refractivity contribution >= 4 is 27.7 Å². The zero-order chi connectivity index (χ0) is 11.4. The first kappa shape index (κ1) is 11.3. The first-order valence-corrected chi connectivity index (χ1v) is 5.92. The van der Waals surface area contributed by atoms with E-state index in [1.54, 1.807) is 31.8 Å². The lowest BCUT2D eigenvalue weighted by Gasteiger charge is -2.03. The molecule has 2 heterocycles. The van der Waals surface area contributed by atoms with Gasteiger partial charge in [-0.25, -0.2) is 15.0 Å². The Kier molecular flexibility index (Phi) is 3.68. The molecule has 0 radical (unpaired) electrons. The van der Waals surface area contributed by atoms with E-state index < -0.39 is 0 Å². The molecule has 0 aliphatic heterocycles. The molecule has 0 unspecified atom stereocenters. The van der Waals surface area contributed by atoms with Crippen molar-refractivity contribution in [3.8, 4) is 5.88 Å². The van der Waals surface area contributed by atoms with Gasteiger partial charge in [0.25, 0.3) is 0 Å². The van der Waals surface area contributed by atoms with Crippen molar-refractivity contribution in [1.82, 2.24) is 19.9 Å². The number of rotatable bonds is 3. The van der Waals surface area contributed by atoms with E-state index >= 15 is 0 Å². The predicted molar refractivity (Wildman–Crippen MR) is 62.4 cm³/mol. The van der Waals surface area contributed by atoms with Crippen LogP contribution in [0.3, 0.4) is 0 Å². The average Bonchev–Trinajstić information content (AvgIpc) is 2.33. The highest BCUT2D eigenvalue weighted by atomic mass is 79.9. The fourth-order valence-corrected chi connectivity index (χ4v) is 1.93. The minimum atomic E-state index is 0.494. The lowest BCUT2D eigenvalue weighted by Crippen LogP contribution is -1.94. The maximum atomic E-state index is 5.07. The van der Waals surface area contributed by atoms with Crippen LogP contribution >= 0.6 is 27.7 Å². The Bertz CT molecular complexity index is 482. The first-order chi connectivity index (χ1) is 7.79. The van der Waals surface area contributed by atoms with Gasteiger partial charge in [0, 0.05) is 18.6 Å². The number of hydrogen-bond donors (Lipinski definition) is 0. The topological polar surface area (TPSA) is 60.8 Å². The smallest absolute Gasteiger partial charge is 0.231 e. The third-order valence-electron chi connectivity index (χ3n) is 1.61. The van der Waals surface area contributed by atoms with Gasteiger partial charge in [0.1, 0.15) is 0 Å². The number of hydrogen-bond acceptors (Lipinski definition) is 6. The molecule has 7 heteroatoms. The Morgan fingerprint density at radius 1 is 1.19 bits per heavy atom. The van der Waals surface area contributed by atoms with E-state index in [4.69, 9.17) is 4.74 Å². The fourth-order valence-electron chi connectivity index (χ4n) is 0.948. The fraction of sp³-hybridized carbons (Fsp3) is 0.111. The maximum Gasteiger partial charge on any atom is 0.231 e. The molecule has 2 aromatic heterocycles. The molecule has 0 aliphatic carbocycles. The van der Waals surface area contributed by atoms with E-state index in [1.165, 1.54) is 11.8 Å². The number of aromatic nitrogens is 4. The van der Waals surface area contributed by atoms with Gasteiger partial charge in [0.05, 0.1) is 11.6 Å². The molecule has 0 saturated heterocycles. The Morgan fingerprint density at radius 3 is 2.62 bits per heavy atom. The number of halogens is 1. The Morgan fingerprint density at radius 2 is 1.94 bits per heavy atom. The summed E-state index contributed by atoms with van der Waals surface area (Å²) in [5.74, 6) is 0.494. The van der Waals surface area contributed by atoms with Crippen molar-refractivity contribution in [2.75, 3.05) is 7.11 Å². The minimum Gasteiger partial charge on any atom is -0.480 e. The third kappa shape index (κ3) is 2.67. The summed E-state index contributed by atoms with van der Waals surface area (Å²) in [7, 11) is 1.56. The van der Waals surface area contributed by atoms with E-state index in [0.29, 0.717) is 20.7 Å². The lowest BCUT2D eigenvalue weighted by molar-refractivity contribution is 0.389. The molecule has 82 valence electrons. The summed E-state index contributed by atoms with van der Waals surface area (Å²) in [5.41, 5.74) is 0. The Labute approximate surface area is 105 Å². The zero-order valence-corrected chi connectivity index (χ0v) is 10.7. The number of methoxy groups -OCH3 is 1. The molecule has 16 heavy (non-hydrogen) atoms. The molecule has 0 saturated carbocycles. The molecule has 0 N–H and O–H groups in total. The lowest BCUT2D eigenvalue weighted by atomic mass is 10.6. The number of ether oxygens (including phenoxy) is 1. The van der Waals surface area contributed by atoms with Gasteiger partial charge in [0.15, 0.2) is 10.3 Å². The molecule has 0 aliphatic rings. The molecule has 2 aromatic rings. The first-order valence-electron chi connectivity index (χ1n) is 4.31. The molecule has 0 fully saturated rings. The zero-order valence-electron chi connectivity index (χ0n) is 8.29. The van der Waals surface area contributed by atoms with Crippen LogP contribution in [-0.4, -0.2) is 27.0 Å². The highest BCUT2D eigenvalue weighted by Crippen LogP contribution is 2.26. The highest BCUT2D eigenvalue weighted by Gasteiger charge is 2.07. The van der Waals surface area contributed by atoms with Gasteiger partial charge in [-0.2, -0.15) is 4.98 Å². The monoisotopic (exact) mass is 298 g/mol. The van der Waals surface area contributed by atoms with Crippen molar-refractivity contribution in [2.24, 2.45) is 0 Å². The van der Waals surface area contributed by atoms with E-state index in [0.717, 1.165) is 0 Å². The molecular weight excluding hydrogens is 292 g/mol. The summed E-state index contributed by atoms with van der Waals surface area (Å²) >= 11 is 4.57.